The second kappa shape index (κ2) is 8.51. The first-order valence-electron chi connectivity index (χ1n) is 10.0. The molecule has 164 valence electrons. The number of hydrogen-bond donors (Lipinski definition) is 1. The smallest absolute Gasteiger partial charge is 0.301 e. The summed E-state index contributed by atoms with van der Waals surface area (Å²) < 4.78 is 10.8. The summed E-state index contributed by atoms with van der Waals surface area (Å²) in [4.78, 5) is 27.3. The lowest BCUT2D eigenvalue weighted by atomic mass is 9.95. The third kappa shape index (κ3) is 3.99. The van der Waals surface area contributed by atoms with Gasteiger partial charge >= 0.3 is 5.91 Å². The Morgan fingerprint density at radius 3 is 2.34 bits per heavy atom. The fourth-order valence-corrected chi connectivity index (χ4v) is 3.74. The molecule has 2 heterocycles. The zero-order valence-electron chi connectivity index (χ0n) is 17.7. The van der Waals surface area contributed by atoms with Crippen LogP contribution in [0.5, 0.6) is 5.75 Å². The average molecular weight is 453 g/mol. The molecule has 0 radical (unpaired) electrons. The Kier molecular flexibility index (Phi) is 5.76. The zero-order valence-corrected chi connectivity index (χ0v) is 18.5. The van der Waals surface area contributed by atoms with E-state index >= 15 is 0 Å². The van der Waals surface area contributed by atoms with Gasteiger partial charge in [0.2, 0.25) is 0 Å². The van der Waals surface area contributed by atoms with Gasteiger partial charge in [-0.25, -0.2) is 0 Å². The number of ether oxygens (including phenoxy) is 1. The lowest BCUT2D eigenvalue weighted by Crippen LogP contribution is -2.29. The van der Waals surface area contributed by atoms with Gasteiger partial charge in [-0.1, -0.05) is 28.9 Å². The molecule has 1 aromatic heterocycles. The first kappa shape index (κ1) is 21.6. The van der Waals surface area contributed by atoms with Crippen LogP contribution in [0.4, 0.5) is 5.82 Å². The molecule has 0 saturated carbocycles. The number of hydrogen-bond acceptors (Lipinski definition) is 6. The molecule has 4 rings (SSSR count). The predicted octanol–water partition coefficient (Wildman–Crippen LogP) is 5.05. The van der Waals surface area contributed by atoms with Crippen molar-refractivity contribution in [1.82, 2.24) is 5.16 Å². The largest absolute Gasteiger partial charge is 0.507 e. The molecule has 1 fully saturated rings. The first-order valence-corrected chi connectivity index (χ1v) is 10.4. The van der Waals surface area contributed by atoms with Gasteiger partial charge in [-0.2, -0.15) is 0 Å². The van der Waals surface area contributed by atoms with Gasteiger partial charge in [0.05, 0.1) is 17.7 Å². The van der Waals surface area contributed by atoms with Gasteiger partial charge in [0.15, 0.2) is 5.82 Å². The van der Waals surface area contributed by atoms with Crippen LogP contribution >= 0.6 is 11.6 Å². The van der Waals surface area contributed by atoms with Crippen LogP contribution in [0.3, 0.4) is 0 Å². The van der Waals surface area contributed by atoms with Gasteiger partial charge in [-0.3, -0.25) is 14.5 Å². The lowest BCUT2D eigenvalue weighted by molar-refractivity contribution is -0.132. The molecular formula is C24H21ClN2O5. The number of aliphatic hydroxyl groups excluding tert-OH is 1. The summed E-state index contributed by atoms with van der Waals surface area (Å²) in [6, 6.07) is 14.1. The minimum absolute atomic E-state index is 0.00510. The second-order valence-corrected chi connectivity index (χ2v) is 8.14. The Hall–Kier alpha value is -3.58. The van der Waals surface area contributed by atoms with E-state index in [-0.39, 0.29) is 23.3 Å². The third-order valence-corrected chi connectivity index (χ3v) is 5.24. The summed E-state index contributed by atoms with van der Waals surface area (Å²) in [6.07, 6.45) is -0.00510. The summed E-state index contributed by atoms with van der Waals surface area (Å²) in [6.45, 7) is 5.53. The number of rotatable bonds is 5. The average Bonchev–Trinajstić information content (AvgIpc) is 3.29. The van der Waals surface area contributed by atoms with E-state index in [4.69, 9.17) is 20.9 Å². The molecule has 2 aromatic carbocycles. The van der Waals surface area contributed by atoms with Gasteiger partial charge in [0.1, 0.15) is 17.3 Å². The van der Waals surface area contributed by atoms with Crippen molar-refractivity contribution in [2.45, 2.75) is 32.9 Å². The van der Waals surface area contributed by atoms with E-state index in [1.54, 1.807) is 61.5 Å². The van der Waals surface area contributed by atoms with Gasteiger partial charge in [-0.15, -0.1) is 0 Å². The molecule has 1 aliphatic heterocycles. The highest BCUT2D eigenvalue weighted by Gasteiger charge is 2.48. The minimum atomic E-state index is -0.900. The van der Waals surface area contributed by atoms with E-state index in [1.165, 1.54) is 4.90 Å². The summed E-state index contributed by atoms with van der Waals surface area (Å²) in [5.41, 5.74) is 0.931. The van der Waals surface area contributed by atoms with Crippen molar-refractivity contribution >= 4 is 34.9 Å². The number of nitrogens with zero attached hydrogens (tertiary/aromatic N) is 2. The van der Waals surface area contributed by atoms with Crippen molar-refractivity contribution < 1.29 is 24.0 Å². The van der Waals surface area contributed by atoms with E-state index in [0.717, 1.165) is 0 Å². The third-order valence-electron chi connectivity index (χ3n) is 4.99. The van der Waals surface area contributed by atoms with Crippen molar-refractivity contribution in [3.05, 3.63) is 82.1 Å². The Balaban J connectivity index is 1.87. The van der Waals surface area contributed by atoms with Gasteiger partial charge in [0, 0.05) is 16.7 Å². The minimum Gasteiger partial charge on any atom is -0.507 e. The van der Waals surface area contributed by atoms with Crippen LogP contribution in [0.2, 0.25) is 5.02 Å². The quantitative estimate of drug-likeness (QED) is 0.331. The molecular weight excluding hydrogens is 432 g/mol. The van der Waals surface area contributed by atoms with Crippen LogP contribution in [0.1, 0.15) is 36.8 Å². The topological polar surface area (TPSA) is 92.9 Å². The molecule has 1 atom stereocenters. The number of benzene rings is 2. The number of amides is 1. The van der Waals surface area contributed by atoms with Gasteiger partial charge < -0.3 is 14.4 Å². The number of carbonyl (C=O) groups excluding carboxylic acids is 2. The molecule has 1 saturated heterocycles. The molecule has 32 heavy (non-hydrogen) atoms. The van der Waals surface area contributed by atoms with Crippen LogP contribution < -0.4 is 9.64 Å². The molecule has 7 nitrogen and oxygen atoms in total. The van der Waals surface area contributed by atoms with Crippen LogP contribution in [0, 0.1) is 6.92 Å². The van der Waals surface area contributed by atoms with Crippen LogP contribution in [0.15, 0.2) is 64.7 Å². The summed E-state index contributed by atoms with van der Waals surface area (Å²) in [5.74, 6) is -0.593. The van der Waals surface area contributed by atoms with Crippen LogP contribution in [-0.2, 0) is 9.59 Å². The number of halogens is 1. The van der Waals surface area contributed by atoms with E-state index in [9.17, 15) is 14.7 Å². The normalized spacial score (nSPS) is 17.9. The summed E-state index contributed by atoms with van der Waals surface area (Å²) in [5, 5.41) is 15.5. The fourth-order valence-electron chi connectivity index (χ4n) is 3.62. The maximum atomic E-state index is 13.1. The number of carbonyl (C=O) groups is 2. The van der Waals surface area contributed by atoms with Crippen molar-refractivity contribution in [3.8, 4) is 5.75 Å². The number of aromatic nitrogens is 1. The van der Waals surface area contributed by atoms with E-state index in [0.29, 0.717) is 27.7 Å². The standard InChI is InChI=1S/C24H21ClN2O5/c1-13(2)31-18-10-6-15(7-11-18)21-20(22(28)16-4-8-17(25)9-5-16)23(29)24(30)27(21)19-12-14(3)32-26-19/h4-13,21,28H,1-3H3/t21-/m1/s1. The number of anilines is 1. The van der Waals surface area contributed by atoms with Crippen molar-refractivity contribution in [3.63, 3.8) is 0 Å². The first-order chi connectivity index (χ1) is 15.3. The highest BCUT2D eigenvalue weighted by molar-refractivity contribution is 6.51. The maximum absolute atomic E-state index is 13.1. The van der Waals surface area contributed by atoms with Gasteiger partial charge in [0.25, 0.3) is 5.78 Å². The Morgan fingerprint density at radius 2 is 1.78 bits per heavy atom. The summed E-state index contributed by atoms with van der Waals surface area (Å²) >= 11 is 5.95. The van der Waals surface area contributed by atoms with Crippen molar-refractivity contribution in [2.75, 3.05) is 4.90 Å². The molecule has 0 aliphatic carbocycles. The van der Waals surface area contributed by atoms with Crippen molar-refractivity contribution in [1.29, 1.82) is 0 Å². The summed E-state index contributed by atoms with van der Waals surface area (Å²) in [7, 11) is 0. The van der Waals surface area contributed by atoms with Crippen LogP contribution in [-0.4, -0.2) is 28.1 Å². The van der Waals surface area contributed by atoms with Crippen LogP contribution in [0.25, 0.3) is 5.76 Å². The molecule has 0 unspecified atom stereocenters. The molecule has 8 heteroatoms. The molecule has 3 aromatic rings. The molecule has 0 spiro atoms. The molecule has 1 aliphatic rings. The fraction of sp³-hybridized carbons (Fsp3) is 0.208. The van der Waals surface area contributed by atoms with E-state index in [1.807, 2.05) is 13.8 Å². The number of aryl methyl sites for hydroxylation is 1. The zero-order chi connectivity index (χ0) is 23.0. The number of ketones is 1. The van der Waals surface area contributed by atoms with Crippen molar-refractivity contribution in [2.24, 2.45) is 0 Å². The highest BCUT2D eigenvalue weighted by atomic mass is 35.5. The lowest BCUT2D eigenvalue weighted by Gasteiger charge is -2.23. The SMILES string of the molecule is Cc1cc(N2C(=O)C(=O)C(=C(O)c3ccc(Cl)cc3)[C@H]2c2ccc(OC(C)C)cc2)no1. The van der Waals surface area contributed by atoms with E-state index < -0.39 is 17.7 Å². The maximum Gasteiger partial charge on any atom is 0.301 e. The predicted molar refractivity (Wildman–Crippen MR) is 120 cm³/mol. The molecule has 0 bridgehead atoms. The second-order valence-electron chi connectivity index (χ2n) is 7.71. The number of Topliss-reactive ketones (excluding diaryl/α,β-unsaturated/α-hetero) is 1. The Bertz CT molecular complexity index is 1200. The number of aliphatic hydroxyl groups is 1. The Morgan fingerprint density at radius 1 is 1.12 bits per heavy atom. The van der Waals surface area contributed by atoms with Gasteiger partial charge in [-0.05, 0) is 62.7 Å². The monoisotopic (exact) mass is 452 g/mol. The molecule has 1 amide bonds. The Labute approximate surface area is 189 Å². The molecule has 1 N–H and O–H groups in total. The highest BCUT2D eigenvalue weighted by Crippen LogP contribution is 2.42. The van der Waals surface area contributed by atoms with E-state index in [2.05, 4.69) is 5.16 Å².